The first kappa shape index (κ1) is 16.1. The van der Waals surface area contributed by atoms with E-state index in [0.29, 0.717) is 0 Å². The van der Waals surface area contributed by atoms with Crippen molar-refractivity contribution in [1.29, 1.82) is 0 Å². The molecule has 4 aromatic rings. The molecular formula is C22H16INO. The second kappa shape index (κ2) is 6.48. The van der Waals surface area contributed by atoms with E-state index >= 15 is 0 Å². The van der Waals surface area contributed by atoms with Crippen molar-refractivity contribution in [2.75, 3.05) is 0 Å². The number of hydrogen-bond donors (Lipinski definition) is 0. The summed E-state index contributed by atoms with van der Waals surface area (Å²) in [6.45, 7) is 0. The zero-order chi connectivity index (χ0) is 17.4. The number of hydrogen-bond acceptors (Lipinski definition) is 1. The van der Waals surface area contributed by atoms with Crippen LogP contribution >= 0.6 is 22.6 Å². The summed E-state index contributed by atoms with van der Waals surface area (Å²) in [6.07, 6.45) is 0. The molecule has 0 fully saturated rings. The van der Waals surface area contributed by atoms with E-state index < -0.39 is 0 Å². The van der Waals surface area contributed by atoms with Crippen LogP contribution in [0.3, 0.4) is 0 Å². The lowest BCUT2D eigenvalue weighted by atomic mass is 9.92. The van der Waals surface area contributed by atoms with Crippen molar-refractivity contribution in [2.45, 2.75) is 0 Å². The van der Waals surface area contributed by atoms with E-state index in [1.807, 2.05) is 67.7 Å². The number of halogens is 1. The first-order chi connectivity index (χ1) is 12.2. The van der Waals surface area contributed by atoms with Gasteiger partial charge in [-0.15, -0.1) is 0 Å². The average Bonchev–Trinajstić information content (AvgIpc) is 2.65. The third-order valence-corrected chi connectivity index (χ3v) is 5.15. The molecule has 0 spiro atoms. The Morgan fingerprint density at radius 3 is 1.92 bits per heavy atom. The molecule has 3 aromatic carbocycles. The maximum Gasteiger partial charge on any atom is 0.259 e. The van der Waals surface area contributed by atoms with Gasteiger partial charge in [-0.1, -0.05) is 60.7 Å². The number of aromatic nitrogens is 1. The molecule has 0 saturated carbocycles. The van der Waals surface area contributed by atoms with Crippen LogP contribution in [0.4, 0.5) is 0 Å². The highest BCUT2D eigenvalue weighted by Crippen LogP contribution is 2.36. The predicted molar refractivity (Wildman–Crippen MR) is 113 cm³/mol. The molecule has 0 unspecified atom stereocenters. The smallest absolute Gasteiger partial charge is 0.259 e. The van der Waals surface area contributed by atoms with Crippen LogP contribution in [0.1, 0.15) is 0 Å². The number of rotatable bonds is 2. The molecule has 0 atom stereocenters. The Kier molecular flexibility index (Phi) is 4.17. The fraction of sp³-hybridized carbons (Fsp3) is 0.0455. The predicted octanol–water partition coefficient (Wildman–Crippen LogP) is 5.48. The molecule has 1 heterocycles. The summed E-state index contributed by atoms with van der Waals surface area (Å²) < 4.78 is 2.90. The van der Waals surface area contributed by atoms with Gasteiger partial charge in [0.15, 0.2) is 0 Å². The largest absolute Gasteiger partial charge is 0.311 e. The Morgan fingerprint density at radius 1 is 0.760 bits per heavy atom. The van der Waals surface area contributed by atoms with Crippen LogP contribution in [0.5, 0.6) is 0 Å². The van der Waals surface area contributed by atoms with Crippen LogP contribution in [0.2, 0.25) is 0 Å². The number of fused-ring (bicyclic) bond motifs is 1. The Morgan fingerprint density at radius 2 is 1.32 bits per heavy atom. The van der Waals surface area contributed by atoms with E-state index in [1.54, 1.807) is 4.57 Å². The molecule has 3 heteroatoms. The van der Waals surface area contributed by atoms with Crippen molar-refractivity contribution >= 4 is 33.5 Å². The van der Waals surface area contributed by atoms with E-state index in [-0.39, 0.29) is 5.56 Å². The van der Waals surface area contributed by atoms with Crippen LogP contribution < -0.4 is 5.56 Å². The lowest BCUT2D eigenvalue weighted by Gasteiger charge is -2.16. The SMILES string of the molecule is Cn1c(=O)c(-c2ccccc2)c(-c2ccccc2)c2cc(I)ccc21. The van der Waals surface area contributed by atoms with Gasteiger partial charge < -0.3 is 4.57 Å². The summed E-state index contributed by atoms with van der Waals surface area (Å²) >= 11 is 2.32. The molecule has 0 aliphatic heterocycles. The van der Waals surface area contributed by atoms with Gasteiger partial charge in [0.25, 0.3) is 5.56 Å². The maximum atomic E-state index is 13.2. The normalized spacial score (nSPS) is 11.0. The van der Waals surface area contributed by atoms with Crippen molar-refractivity contribution in [2.24, 2.45) is 7.05 Å². The van der Waals surface area contributed by atoms with Crippen molar-refractivity contribution in [3.63, 3.8) is 0 Å². The topological polar surface area (TPSA) is 22.0 Å². The first-order valence-electron chi connectivity index (χ1n) is 8.10. The van der Waals surface area contributed by atoms with Crippen molar-refractivity contribution < 1.29 is 0 Å². The van der Waals surface area contributed by atoms with E-state index in [4.69, 9.17) is 0 Å². The van der Waals surface area contributed by atoms with Crippen LogP contribution in [0, 0.1) is 3.57 Å². The fourth-order valence-electron chi connectivity index (χ4n) is 3.30. The van der Waals surface area contributed by atoms with Crippen molar-refractivity contribution in [3.05, 3.63) is 92.8 Å². The van der Waals surface area contributed by atoms with Crippen molar-refractivity contribution in [1.82, 2.24) is 4.57 Å². The highest BCUT2D eigenvalue weighted by atomic mass is 127. The highest BCUT2D eigenvalue weighted by molar-refractivity contribution is 14.1. The Bertz CT molecular complexity index is 1120. The number of nitrogens with zero attached hydrogens (tertiary/aromatic N) is 1. The van der Waals surface area contributed by atoms with E-state index in [0.717, 1.165) is 36.7 Å². The summed E-state index contributed by atoms with van der Waals surface area (Å²) in [4.78, 5) is 13.2. The van der Waals surface area contributed by atoms with E-state index in [2.05, 4.69) is 40.8 Å². The molecule has 0 bridgehead atoms. The summed E-state index contributed by atoms with van der Waals surface area (Å²) in [5.74, 6) is 0. The quantitative estimate of drug-likeness (QED) is 0.381. The molecule has 0 amide bonds. The molecule has 25 heavy (non-hydrogen) atoms. The zero-order valence-corrected chi connectivity index (χ0v) is 15.9. The minimum Gasteiger partial charge on any atom is -0.311 e. The molecule has 0 aliphatic carbocycles. The van der Waals surface area contributed by atoms with Crippen molar-refractivity contribution in [3.8, 4) is 22.3 Å². The van der Waals surface area contributed by atoms with Gasteiger partial charge in [0.05, 0.1) is 11.1 Å². The van der Waals surface area contributed by atoms with Gasteiger partial charge in [0.1, 0.15) is 0 Å². The Balaban J connectivity index is 2.24. The summed E-state index contributed by atoms with van der Waals surface area (Å²) in [6, 6.07) is 26.3. The lowest BCUT2D eigenvalue weighted by molar-refractivity contribution is 0.909. The van der Waals surface area contributed by atoms with Crippen LogP contribution in [-0.4, -0.2) is 4.57 Å². The molecule has 2 nitrogen and oxygen atoms in total. The van der Waals surface area contributed by atoms with E-state index in [1.165, 1.54) is 0 Å². The Labute approximate surface area is 159 Å². The number of aryl methyl sites for hydroxylation is 1. The monoisotopic (exact) mass is 437 g/mol. The Hall–Kier alpha value is -2.40. The third kappa shape index (κ3) is 2.78. The maximum absolute atomic E-state index is 13.2. The number of pyridine rings is 1. The minimum absolute atomic E-state index is 0.0266. The molecule has 0 radical (unpaired) electrons. The molecule has 122 valence electrons. The molecule has 4 rings (SSSR count). The van der Waals surface area contributed by atoms with Crippen LogP contribution in [0.15, 0.2) is 83.7 Å². The molecule has 0 saturated heterocycles. The highest BCUT2D eigenvalue weighted by Gasteiger charge is 2.18. The third-order valence-electron chi connectivity index (χ3n) is 4.48. The van der Waals surface area contributed by atoms with Gasteiger partial charge in [-0.2, -0.15) is 0 Å². The summed E-state index contributed by atoms with van der Waals surface area (Å²) in [5, 5.41) is 1.10. The van der Waals surface area contributed by atoms with Gasteiger partial charge in [-0.05, 0) is 51.9 Å². The van der Waals surface area contributed by atoms with Crippen LogP contribution in [-0.2, 0) is 7.05 Å². The zero-order valence-electron chi connectivity index (χ0n) is 13.7. The molecule has 0 N–H and O–H groups in total. The standard InChI is InChI=1S/C22H16INO/c1-24-19-13-12-17(23)14-18(19)20(15-8-4-2-5-9-15)21(22(24)25)16-10-6-3-7-11-16/h2-14H,1H3. The van der Waals surface area contributed by atoms with Crippen LogP contribution in [0.25, 0.3) is 33.2 Å². The molecule has 0 aliphatic rings. The van der Waals surface area contributed by atoms with E-state index in [9.17, 15) is 4.79 Å². The average molecular weight is 437 g/mol. The van der Waals surface area contributed by atoms with Gasteiger partial charge in [0.2, 0.25) is 0 Å². The molecule has 1 aromatic heterocycles. The second-order valence-corrected chi connectivity index (χ2v) is 7.25. The van der Waals surface area contributed by atoms with Gasteiger partial charge in [0, 0.05) is 21.6 Å². The van der Waals surface area contributed by atoms with Gasteiger partial charge in [-0.25, -0.2) is 0 Å². The fourth-order valence-corrected chi connectivity index (χ4v) is 3.79. The summed E-state index contributed by atoms with van der Waals surface area (Å²) in [5.41, 5.74) is 4.74. The minimum atomic E-state index is 0.0266. The first-order valence-corrected chi connectivity index (χ1v) is 9.18. The second-order valence-electron chi connectivity index (χ2n) is 6.01. The lowest BCUT2D eigenvalue weighted by Crippen LogP contribution is -2.20. The van der Waals surface area contributed by atoms with Gasteiger partial charge in [-0.3, -0.25) is 4.79 Å². The van der Waals surface area contributed by atoms with Gasteiger partial charge >= 0.3 is 0 Å². The number of benzene rings is 3. The molecular weight excluding hydrogens is 421 g/mol. The summed E-state index contributed by atoms with van der Waals surface area (Å²) in [7, 11) is 1.85.